The molecule has 1 aliphatic heterocycles. The Morgan fingerprint density at radius 2 is 1.96 bits per heavy atom. The third kappa shape index (κ3) is 4.23. The molecule has 1 heterocycles. The molecule has 1 aromatic rings. The van der Waals surface area contributed by atoms with Gasteiger partial charge >= 0.3 is 0 Å². The van der Waals surface area contributed by atoms with Gasteiger partial charge < -0.3 is 18.9 Å². The number of rotatable bonds is 6. The lowest BCUT2D eigenvalue weighted by Crippen LogP contribution is -2.42. The molecule has 0 radical (unpaired) electrons. The normalized spacial score (nSPS) is 25.4. The van der Waals surface area contributed by atoms with Gasteiger partial charge in [0.2, 0.25) is 11.5 Å². The molecule has 0 saturated heterocycles. The lowest BCUT2D eigenvalue weighted by molar-refractivity contribution is -0.133. The van der Waals surface area contributed by atoms with Crippen molar-refractivity contribution in [1.29, 1.82) is 0 Å². The summed E-state index contributed by atoms with van der Waals surface area (Å²) < 4.78 is 22.4. The van der Waals surface area contributed by atoms with Crippen LogP contribution in [-0.4, -0.2) is 31.7 Å². The zero-order chi connectivity index (χ0) is 17.8. The number of fused-ring (bicyclic) bond motifs is 1. The van der Waals surface area contributed by atoms with Crippen molar-refractivity contribution in [3.8, 4) is 11.5 Å². The number of methoxy groups -OCH3 is 1. The lowest BCUT2D eigenvalue weighted by atomic mass is 9.80. The van der Waals surface area contributed by atoms with Crippen molar-refractivity contribution in [2.75, 3.05) is 13.7 Å². The molecule has 1 fully saturated rings. The number of benzene rings is 1. The highest BCUT2D eigenvalue weighted by molar-refractivity contribution is 5.96. The molecule has 0 bridgehead atoms. The zero-order valence-electron chi connectivity index (χ0n) is 14.7. The van der Waals surface area contributed by atoms with Crippen molar-refractivity contribution in [2.24, 2.45) is 5.92 Å². The van der Waals surface area contributed by atoms with E-state index in [1.807, 2.05) is 6.92 Å². The van der Waals surface area contributed by atoms with E-state index in [0.29, 0.717) is 12.4 Å². The largest absolute Gasteiger partial charge is 0.497 e. The quantitative estimate of drug-likeness (QED) is 0.738. The van der Waals surface area contributed by atoms with Gasteiger partial charge in [0.1, 0.15) is 23.9 Å². The second-order valence-electron chi connectivity index (χ2n) is 6.61. The van der Waals surface area contributed by atoms with Gasteiger partial charge in [0.05, 0.1) is 25.7 Å². The van der Waals surface area contributed by atoms with E-state index in [-0.39, 0.29) is 29.7 Å². The monoisotopic (exact) mass is 344 g/mol. The molecule has 1 aromatic carbocycles. The van der Waals surface area contributed by atoms with Crippen molar-refractivity contribution in [2.45, 2.75) is 38.4 Å². The van der Waals surface area contributed by atoms with Gasteiger partial charge in [-0.1, -0.05) is 12.2 Å². The van der Waals surface area contributed by atoms with E-state index in [2.05, 4.69) is 6.58 Å². The minimum Gasteiger partial charge on any atom is -0.497 e. The molecule has 1 saturated carbocycles. The lowest BCUT2D eigenvalue weighted by Gasteiger charge is -2.37. The maximum absolute atomic E-state index is 12.7. The average molecular weight is 344 g/mol. The van der Waals surface area contributed by atoms with Gasteiger partial charge in [-0.15, -0.1) is 0 Å². The molecular weight excluding hydrogens is 320 g/mol. The molecule has 25 heavy (non-hydrogen) atoms. The van der Waals surface area contributed by atoms with Gasteiger partial charge in [-0.3, -0.25) is 4.79 Å². The number of hydrogen-bond acceptors (Lipinski definition) is 5. The van der Waals surface area contributed by atoms with Crippen LogP contribution < -0.4 is 9.47 Å². The minimum atomic E-state index is -0.164. The van der Waals surface area contributed by atoms with Gasteiger partial charge in [0, 0.05) is 6.42 Å². The molecule has 134 valence electrons. The first-order valence-electron chi connectivity index (χ1n) is 8.54. The molecule has 0 N–H and O–H groups in total. The van der Waals surface area contributed by atoms with Crippen LogP contribution in [0.3, 0.4) is 0 Å². The maximum Gasteiger partial charge on any atom is 0.207 e. The van der Waals surface area contributed by atoms with Crippen molar-refractivity contribution in [1.82, 2.24) is 0 Å². The Kier molecular flexibility index (Phi) is 5.43. The summed E-state index contributed by atoms with van der Waals surface area (Å²) in [5.74, 6) is 1.42. The van der Waals surface area contributed by atoms with E-state index in [1.54, 1.807) is 31.4 Å². The van der Waals surface area contributed by atoms with Crippen LogP contribution in [0.15, 0.2) is 48.4 Å². The Morgan fingerprint density at radius 1 is 1.24 bits per heavy atom. The van der Waals surface area contributed by atoms with Crippen molar-refractivity contribution >= 4 is 5.78 Å². The summed E-state index contributed by atoms with van der Waals surface area (Å²) in [6, 6.07) is 7.11. The first kappa shape index (κ1) is 17.5. The van der Waals surface area contributed by atoms with Crippen LogP contribution in [0, 0.1) is 5.92 Å². The highest BCUT2D eigenvalue weighted by Crippen LogP contribution is 2.35. The molecular formula is C20H24O5. The van der Waals surface area contributed by atoms with Crippen molar-refractivity contribution in [3.05, 3.63) is 48.4 Å². The van der Waals surface area contributed by atoms with E-state index in [1.165, 1.54) is 6.26 Å². The van der Waals surface area contributed by atoms with E-state index >= 15 is 0 Å². The number of carbonyl (C=O) groups is 1. The predicted molar refractivity (Wildman–Crippen MR) is 93.5 cm³/mol. The average Bonchev–Trinajstić information content (AvgIpc) is 2.63. The molecule has 5 nitrogen and oxygen atoms in total. The number of hydrogen-bond donors (Lipinski definition) is 0. The first-order valence-corrected chi connectivity index (χ1v) is 8.54. The smallest absolute Gasteiger partial charge is 0.207 e. The molecule has 3 atom stereocenters. The van der Waals surface area contributed by atoms with Gasteiger partial charge in [-0.2, -0.15) is 0 Å². The Balaban J connectivity index is 1.61. The Hall–Kier alpha value is -2.27. The Bertz CT molecular complexity index is 661. The molecule has 5 heteroatoms. The second kappa shape index (κ2) is 7.74. The minimum absolute atomic E-state index is 0.00502. The van der Waals surface area contributed by atoms with Crippen LogP contribution in [0.1, 0.15) is 26.2 Å². The summed E-state index contributed by atoms with van der Waals surface area (Å²) in [5, 5.41) is 0. The Morgan fingerprint density at radius 3 is 2.64 bits per heavy atom. The third-order valence-electron chi connectivity index (χ3n) is 4.53. The number of Topliss-reactive ketones (excluding diaryl/α,β-unsaturated/α-hetero) is 1. The van der Waals surface area contributed by atoms with Gasteiger partial charge in [0.15, 0.2) is 0 Å². The van der Waals surface area contributed by atoms with Crippen LogP contribution in [0.4, 0.5) is 0 Å². The molecule has 3 rings (SSSR count). The van der Waals surface area contributed by atoms with E-state index < -0.39 is 0 Å². The topological polar surface area (TPSA) is 54.0 Å². The summed E-state index contributed by atoms with van der Waals surface area (Å²) in [6.45, 7) is 6.34. The van der Waals surface area contributed by atoms with Crippen LogP contribution in [-0.2, 0) is 14.3 Å². The molecule has 0 amide bonds. The summed E-state index contributed by atoms with van der Waals surface area (Å²) >= 11 is 0. The van der Waals surface area contributed by atoms with Crippen LogP contribution in [0.5, 0.6) is 11.5 Å². The molecule has 0 spiro atoms. The number of ether oxygens (including phenoxy) is 4. The van der Waals surface area contributed by atoms with E-state index in [4.69, 9.17) is 18.9 Å². The maximum atomic E-state index is 12.7. The fraction of sp³-hybridized carbons (Fsp3) is 0.450. The van der Waals surface area contributed by atoms with Crippen LogP contribution >= 0.6 is 0 Å². The fourth-order valence-corrected chi connectivity index (χ4v) is 3.19. The SMILES string of the molecule is C=C(C)COC1CCC2C(=O)C(Oc3ccc(OC)cc3)=COC2C1. The molecule has 0 aromatic heterocycles. The number of allylic oxidation sites excluding steroid dienone is 1. The zero-order valence-corrected chi connectivity index (χ0v) is 14.7. The van der Waals surface area contributed by atoms with E-state index in [0.717, 1.165) is 30.6 Å². The summed E-state index contributed by atoms with van der Waals surface area (Å²) in [6.07, 6.45) is 3.72. The van der Waals surface area contributed by atoms with E-state index in [9.17, 15) is 4.79 Å². The number of carbonyl (C=O) groups excluding carboxylic acids is 1. The summed E-state index contributed by atoms with van der Waals surface area (Å²) in [7, 11) is 1.60. The van der Waals surface area contributed by atoms with Gasteiger partial charge in [0.25, 0.3) is 0 Å². The second-order valence-corrected chi connectivity index (χ2v) is 6.61. The molecule has 1 aliphatic carbocycles. The summed E-state index contributed by atoms with van der Waals surface area (Å²) in [5.41, 5.74) is 0.998. The standard InChI is InChI=1S/C20H24O5/c1-13(2)11-23-16-8-9-17-18(10-16)24-12-19(20(17)21)25-15-6-4-14(22-3)5-7-15/h4-7,12,16-18H,1,8-11H2,2-3H3. The molecule has 2 aliphatic rings. The Labute approximate surface area is 148 Å². The van der Waals surface area contributed by atoms with Gasteiger partial charge in [-0.05, 0) is 44.0 Å². The fourth-order valence-electron chi connectivity index (χ4n) is 3.19. The highest BCUT2D eigenvalue weighted by Gasteiger charge is 2.41. The van der Waals surface area contributed by atoms with Gasteiger partial charge in [-0.25, -0.2) is 0 Å². The molecule has 3 unspecified atom stereocenters. The first-order chi connectivity index (χ1) is 12.1. The third-order valence-corrected chi connectivity index (χ3v) is 4.53. The van der Waals surface area contributed by atoms with Crippen molar-refractivity contribution < 1.29 is 23.7 Å². The number of ketones is 1. The van der Waals surface area contributed by atoms with Crippen molar-refractivity contribution in [3.63, 3.8) is 0 Å². The highest BCUT2D eigenvalue weighted by atomic mass is 16.5. The van der Waals surface area contributed by atoms with Crippen LogP contribution in [0.25, 0.3) is 0 Å². The predicted octanol–water partition coefficient (Wildman–Crippen LogP) is 3.64. The summed E-state index contributed by atoms with van der Waals surface area (Å²) in [4.78, 5) is 12.7. The van der Waals surface area contributed by atoms with Crippen LogP contribution in [0.2, 0.25) is 0 Å².